The number of imidazole rings is 1. The van der Waals surface area contributed by atoms with Crippen LogP contribution in [0, 0.1) is 0 Å². The molecule has 0 bridgehead atoms. The number of fused-ring (bicyclic) bond motifs is 1. The summed E-state index contributed by atoms with van der Waals surface area (Å²) in [7, 11) is 0. The monoisotopic (exact) mass is 394 g/mol. The number of halogens is 1. The van der Waals surface area contributed by atoms with Crippen molar-refractivity contribution in [1.82, 2.24) is 24.3 Å². The van der Waals surface area contributed by atoms with Crippen molar-refractivity contribution in [3.8, 4) is 11.4 Å². The number of benzene rings is 1. The van der Waals surface area contributed by atoms with Gasteiger partial charge in [0, 0.05) is 18.6 Å². The van der Waals surface area contributed by atoms with Gasteiger partial charge in [-0.15, -0.1) is 0 Å². The summed E-state index contributed by atoms with van der Waals surface area (Å²) in [6.45, 7) is 2.08. The van der Waals surface area contributed by atoms with Crippen molar-refractivity contribution in [3.63, 3.8) is 0 Å². The van der Waals surface area contributed by atoms with Crippen LogP contribution in [0.5, 0.6) is 0 Å². The van der Waals surface area contributed by atoms with E-state index in [1.165, 1.54) is 5.56 Å². The van der Waals surface area contributed by atoms with Gasteiger partial charge in [-0.05, 0) is 28.4 Å². The van der Waals surface area contributed by atoms with Crippen LogP contribution in [-0.2, 0) is 0 Å². The van der Waals surface area contributed by atoms with Gasteiger partial charge < -0.3 is 5.32 Å². The van der Waals surface area contributed by atoms with Crippen LogP contribution in [-0.4, -0.2) is 24.3 Å². The Kier molecular flexibility index (Phi) is 4.15. The van der Waals surface area contributed by atoms with Crippen LogP contribution in [0.2, 0.25) is 0 Å². The number of nitrogens with zero attached hydrogens (tertiary/aromatic N) is 5. The van der Waals surface area contributed by atoms with E-state index in [4.69, 9.17) is 0 Å². The van der Waals surface area contributed by atoms with E-state index in [-0.39, 0.29) is 6.04 Å². The molecule has 0 aliphatic rings. The molecule has 0 saturated carbocycles. The van der Waals surface area contributed by atoms with Gasteiger partial charge in [0.2, 0.25) is 5.95 Å². The van der Waals surface area contributed by atoms with E-state index in [1.807, 2.05) is 28.8 Å². The molecule has 4 rings (SSSR count). The fraction of sp³-hybridized carbons (Fsp3) is 0.111. The minimum Gasteiger partial charge on any atom is -0.348 e. The Morgan fingerprint density at radius 3 is 2.76 bits per heavy atom. The van der Waals surface area contributed by atoms with Gasteiger partial charge in [-0.2, -0.15) is 0 Å². The molecule has 0 unspecified atom stereocenters. The molecule has 3 aromatic heterocycles. The van der Waals surface area contributed by atoms with Crippen molar-refractivity contribution in [2.24, 2.45) is 0 Å². The summed E-state index contributed by atoms with van der Waals surface area (Å²) < 4.78 is 2.76. The first kappa shape index (κ1) is 15.7. The van der Waals surface area contributed by atoms with Crippen LogP contribution >= 0.6 is 15.9 Å². The average molecular weight is 395 g/mol. The predicted octanol–water partition coefficient (Wildman–Crippen LogP) is 4.12. The maximum Gasteiger partial charge on any atom is 0.223 e. The van der Waals surface area contributed by atoms with Crippen molar-refractivity contribution in [2.45, 2.75) is 13.0 Å². The van der Waals surface area contributed by atoms with Crippen LogP contribution in [0.3, 0.4) is 0 Å². The molecule has 124 valence electrons. The van der Waals surface area contributed by atoms with E-state index in [9.17, 15) is 0 Å². The third-order valence-corrected chi connectivity index (χ3v) is 4.53. The second-order valence-electron chi connectivity index (χ2n) is 5.61. The second-order valence-corrected chi connectivity index (χ2v) is 6.47. The highest BCUT2D eigenvalue weighted by Gasteiger charge is 2.14. The first-order chi connectivity index (χ1) is 12.2. The highest BCUT2D eigenvalue weighted by molar-refractivity contribution is 9.10. The van der Waals surface area contributed by atoms with Crippen molar-refractivity contribution in [1.29, 1.82) is 0 Å². The molecule has 0 aliphatic heterocycles. The van der Waals surface area contributed by atoms with Gasteiger partial charge in [0.15, 0.2) is 5.65 Å². The van der Waals surface area contributed by atoms with Gasteiger partial charge in [-0.25, -0.2) is 15.0 Å². The van der Waals surface area contributed by atoms with Gasteiger partial charge in [0.25, 0.3) is 0 Å². The Hall–Kier alpha value is -2.80. The second kappa shape index (κ2) is 6.60. The molecule has 25 heavy (non-hydrogen) atoms. The van der Waals surface area contributed by atoms with E-state index in [0.29, 0.717) is 5.95 Å². The van der Waals surface area contributed by atoms with Crippen molar-refractivity contribution in [3.05, 3.63) is 71.4 Å². The molecule has 1 atom stereocenters. The first-order valence-corrected chi connectivity index (χ1v) is 8.63. The molecule has 3 heterocycles. The zero-order valence-electron chi connectivity index (χ0n) is 13.5. The summed E-state index contributed by atoms with van der Waals surface area (Å²) in [6, 6.07) is 10.3. The van der Waals surface area contributed by atoms with Gasteiger partial charge in [-0.3, -0.25) is 9.38 Å². The molecule has 0 radical (unpaired) electrons. The number of anilines is 1. The number of hydrogen-bond donors (Lipinski definition) is 1. The normalized spacial score (nSPS) is 12.2. The number of aromatic nitrogens is 5. The molecular weight excluding hydrogens is 380 g/mol. The molecule has 7 heteroatoms. The van der Waals surface area contributed by atoms with Crippen molar-refractivity contribution < 1.29 is 0 Å². The summed E-state index contributed by atoms with van der Waals surface area (Å²) in [4.78, 5) is 17.5. The molecule has 1 aromatic carbocycles. The van der Waals surface area contributed by atoms with E-state index >= 15 is 0 Å². The maximum absolute atomic E-state index is 4.68. The Bertz CT molecular complexity index is 1010. The molecule has 1 N–H and O–H groups in total. The van der Waals surface area contributed by atoms with E-state index in [1.54, 1.807) is 24.8 Å². The molecular formula is C18H15BrN6. The number of rotatable bonds is 4. The fourth-order valence-electron chi connectivity index (χ4n) is 2.65. The molecule has 0 spiro atoms. The Morgan fingerprint density at radius 1 is 1.08 bits per heavy atom. The lowest BCUT2D eigenvalue weighted by atomic mass is 10.1. The smallest absolute Gasteiger partial charge is 0.223 e. The molecule has 4 aromatic rings. The highest BCUT2D eigenvalue weighted by atomic mass is 79.9. The molecule has 6 nitrogen and oxygen atoms in total. The summed E-state index contributed by atoms with van der Waals surface area (Å²) in [5, 5.41) is 3.35. The highest BCUT2D eigenvalue weighted by Crippen LogP contribution is 2.28. The summed E-state index contributed by atoms with van der Waals surface area (Å²) in [5.74, 6) is 0.568. The fourth-order valence-corrected chi connectivity index (χ4v) is 3.05. The molecule has 0 fully saturated rings. The summed E-state index contributed by atoms with van der Waals surface area (Å²) in [6.07, 6.45) is 8.85. The summed E-state index contributed by atoms with van der Waals surface area (Å²) in [5.41, 5.74) is 3.60. The Balaban J connectivity index is 1.69. The predicted molar refractivity (Wildman–Crippen MR) is 100 cm³/mol. The molecule has 0 aliphatic carbocycles. The third kappa shape index (κ3) is 3.10. The molecule has 0 saturated heterocycles. The lowest BCUT2D eigenvalue weighted by Gasteiger charge is -2.15. The van der Waals surface area contributed by atoms with Crippen LogP contribution in [0.4, 0.5) is 5.95 Å². The van der Waals surface area contributed by atoms with E-state index in [2.05, 4.69) is 60.2 Å². The van der Waals surface area contributed by atoms with E-state index < -0.39 is 0 Å². The lowest BCUT2D eigenvalue weighted by molar-refractivity contribution is 0.860. The zero-order chi connectivity index (χ0) is 17.2. The average Bonchev–Trinajstić information content (AvgIpc) is 3.08. The lowest BCUT2D eigenvalue weighted by Crippen LogP contribution is -2.10. The van der Waals surface area contributed by atoms with Crippen molar-refractivity contribution >= 4 is 27.5 Å². The first-order valence-electron chi connectivity index (χ1n) is 7.84. The Morgan fingerprint density at radius 2 is 1.92 bits per heavy atom. The topological polar surface area (TPSA) is 68.0 Å². The zero-order valence-corrected chi connectivity index (χ0v) is 15.1. The SMILES string of the molecule is C[C@H](Nc1ncc(Br)c(-c2cnc3cnccn23)n1)c1ccccc1. The largest absolute Gasteiger partial charge is 0.348 e. The van der Waals surface area contributed by atoms with Crippen LogP contribution < -0.4 is 5.32 Å². The van der Waals surface area contributed by atoms with Gasteiger partial charge in [0.1, 0.15) is 5.69 Å². The third-order valence-electron chi connectivity index (χ3n) is 3.95. The van der Waals surface area contributed by atoms with Crippen LogP contribution in [0.1, 0.15) is 18.5 Å². The molecule has 0 amide bonds. The number of hydrogen-bond acceptors (Lipinski definition) is 5. The van der Waals surface area contributed by atoms with Crippen molar-refractivity contribution in [2.75, 3.05) is 5.32 Å². The minimum atomic E-state index is 0.0987. The van der Waals surface area contributed by atoms with Crippen LogP contribution in [0.25, 0.3) is 17.0 Å². The standard InChI is InChI=1S/C18H15BrN6/c1-12(13-5-3-2-4-6-13)23-18-22-9-14(19)17(24-18)15-10-21-16-11-20-7-8-25(15)16/h2-12H,1H3,(H,22,23,24)/t12-/m0/s1. The van der Waals surface area contributed by atoms with Gasteiger partial charge in [-0.1, -0.05) is 30.3 Å². The minimum absolute atomic E-state index is 0.0987. The number of nitrogens with one attached hydrogen (secondary N) is 1. The van der Waals surface area contributed by atoms with Gasteiger partial charge >= 0.3 is 0 Å². The Labute approximate surface area is 153 Å². The van der Waals surface area contributed by atoms with E-state index in [0.717, 1.165) is 21.5 Å². The quantitative estimate of drug-likeness (QED) is 0.563. The van der Waals surface area contributed by atoms with Crippen LogP contribution in [0.15, 0.2) is 65.8 Å². The van der Waals surface area contributed by atoms with Gasteiger partial charge in [0.05, 0.1) is 28.6 Å². The maximum atomic E-state index is 4.68. The summed E-state index contributed by atoms with van der Waals surface area (Å²) >= 11 is 3.54.